The fraction of sp³-hybridized carbons (Fsp3) is 0.400. The molecule has 0 heterocycles. The highest BCUT2D eigenvalue weighted by Crippen LogP contribution is 2.33. The lowest BCUT2D eigenvalue weighted by Crippen LogP contribution is -2.30. The highest BCUT2D eigenvalue weighted by molar-refractivity contribution is 8.76. The first-order valence-corrected chi connectivity index (χ1v) is 11.3. The highest BCUT2D eigenvalue weighted by Gasteiger charge is 2.38. The van der Waals surface area contributed by atoms with Crippen LogP contribution in [-0.2, 0) is 14.4 Å². The minimum atomic E-state index is -5.08. The van der Waals surface area contributed by atoms with Gasteiger partial charge in [-0.2, -0.15) is 13.2 Å². The molecule has 0 fully saturated rings. The maximum Gasteiger partial charge on any atom is 0.490 e. The van der Waals surface area contributed by atoms with Gasteiger partial charge in [-0.05, 0) is 6.07 Å². The predicted molar refractivity (Wildman–Crippen MR) is 111 cm³/mol. The van der Waals surface area contributed by atoms with Gasteiger partial charge < -0.3 is 20.3 Å². The minimum absolute atomic E-state index is 0.127. The molecule has 7 nitrogen and oxygen atoms in total. The molecule has 0 atom stereocenters. The van der Waals surface area contributed by atoms with E-state index in [2.05, 4.69) is 5.32 Å². The third-order valence-electron chi connectivity index (χ3n) is 2.57. The molecule has 3 N–H and O–H groups in total. The number of nitrogens with one attached hydrogen (secondary N) is 1. The van der Waals surface area contributed by atoms with Crippen LogP contribution in [0.3, 0.4) is 0 Å². The van der Waals surface area contributed by atoms with E-state index in [1.54, 1.807) is 0 Å². The monoisotopic (exact) mass is 531 g/mol. The quantitative estimate of drug-likeness (QED) is 0.227. The summed E-state index contributed by atoms with van der Waals surface area (Å²) in [4.78, 5) is 30.8. The van der Waals surface area contributed by atoms with E-state index in [-0.39, 0.29) is 29.7 Å². The molecule has 0 bridgehead atoms. The van der Waals surface area contributed by atoms with Crippen molar-refractivity contribution in [2.75, 3.05) is 24.7 Å². The molecule has 0 aliphatic rings. The van der Waals surface area contributed by atoms with Crippen molar-refractivity contribution in [1.29, 1.82) is 0 Å². The summed E-state index contributed by atoms with van der Waals surface area (Å²) in [5.74, 6) is -2.37. The van der Waals surface area contributed by atoms with E-state index in [9.17, 15) is 22.8 Å². The number of carbonyl (C=O) groups excluding carboxylic acids is 1. The predicted octanol–water partition coefficient (Wildman–Crippen LogP) is 4.63. The third-order valence-corrected chi connectivity index (χ3v) is 5.99. The number of benzene rings is 1. The zero-order valence-electron chi connectivity index (χ0n) is 14.8. The first kappa shape index (κ1) is 28.8. The lowest BCUT2D eigenvalue weighted by Gasteiger charge is -2.09. The minimum Gasteiger partial charge on any atom is -0.482 e. The molecule has 0 spiro atoms. The molecule has 1 amide bonds. The van der Waals surface area contributed by atoms with Crippen LogP contribution in [0.2, 0.25) is 15.1 Å². The summed E-state index contributed by atoms with van der Waals surface area (Å²) in [6, 6.07) is 2.90. The normalized spacial score (nSPS) is 10.6. The molecule has 0 saturated heterocycles. The summed E-state index contributed by atoms with van der Waals surface area (Å²) in [7, 11) is 2.96. The number of hydrogen-bond donors (Lipinski definition) is 3. The molecular formula is C15H15Cl3F3NO6S2. The summed E-state index contributed by atoms with van der Waals surface area (Å²) < 4.78 is 37.0. The Morgan fingerprint density at radius 3 is 2.07 bits per heavy atom. The van der Waals surface area contributed by atoms with Gasteiger partial charge in [0.1, 0.15) is 5.75 Å². The lowest BCUT2D eigenvalue weighted by molar-refractivity contribution is -0.192. The van der Waals surface area contributed by atoms with Crippen LogP contribution in [0.1, 0.15) is 6.42 Å². The Labute approximate surface area is 192 Å². The van der Waals surface area contributed by atoms with E-state index in [4.69, 9.17) is 54.5 Å². The standard InChI is InChI=1S/C13H14Cl3NO4S2.C2HF3O2/c14-8-5-10(16)11(6-9(8)15)21-7-12(18)17-2-4-23-22-3-1-13(19)20;3-2(4,5)1(6)7/h5-6H,1-4,7H2,(H,17,18)(H,19,20);(H,6,7). The average Bonchev–Trinajstić information content (AvgIpc) is 2.62. The van der Waals surface area contributed by atoms with E-state index in [0.29, 0.717) is 28.1 Å². The van der Waals surface area contributed by atoms with Crippen LogP contribution < -0.4 is 10.1 Å². The first-order chi connectivity index (χ1) is 13.8. The van der Waals surface area contributed by atoms with Crippen LogP contribution in [0.5, 0.6) is 5.75 Å². The van der Waals surface area contributed by atoms with Crippen molar-refractivity contribution in [2.24, 2.45) is 0 Å². The number of alkyl halides is 3. The van der Waals surface area contributed by atoms with Crippen LogP contribution in [-0.4, -0.2) is 58.9 Å². The van der Waals surface area contributed by atoms with Crippen LogP contribution in [0, 0.1) is 0 Å². The van der Waals surface area contributed by atoms with Crippen molar-refractivity contribution in [3.05, 3.63) is 27.2 Å². The fourth-order valence-corrected chi connectivity index (χ4v) is 3.77. The largest absolute Gasteiger partial charge is 0.490 e. The van der Waals surface area contributed by atoms with Gasteiger partial charge in [0.25, 0.3) is 5.91 Å². The Balaban J connectivity index is 0.00000103. The molecule has 0 aliphatic carbocycles. The van der Waals surface area contributed by atoms with Gasteiger partial charge >= 0.3 is 18.1 Å². The van der Waals surface area contributed by atoms with Crippen LogP contribution in [0.15, 0.2) is 12.1 Å². The van der Waals surface area contributed by atoms with Gasteiger partial charge in [0, 0.05) is 24.1 Å². The first-order valence-electron chi connectivity index (χ1n) is 7.65. The molecule has 1 aromatic rings. The van der Waals surface area contributed by atoms with Crippen LogP contribution >= 0.6 is 56.4 Å². The second-order valence-corrected chi connectivity index (χ2v) is 8.85. The second kappa shape index (κ2) is 14.7. The average molecular weight is 533 g/mol. The number of amides is 1. The molecule has 1 aromatic carbocycles. The van der Waals surface area contributed by atoms with Crippen molar-refractivity contribution in [2.45, 2.75) is 12.6 Å². The fourth-order valence-electron chi connectivity index (χ4n) is 1.29. The van der Waals surface area contributed by atoms with Crippen LogP contribution in [0.25, 0.3) is 0 Å². The second-order valence-electron chi connectivity index (χ2n) is 4.93. The van der Waals surface area contributed by atoms with E-state index >= 15 is 0 Å². The van der Waals surface area contributed by atoms with E-state index < -0.39 is 18.1 Å². The number of rotatable bonds is 10. The van der Waals surface area contributed by atoms with Gasteiger partial charge in [-0.25, -0.2) is 4.79 Å². The van der Waals surface area contributed by atoms with Crippen molar-refractivity contribution < 1.29 is 42.5 Å². The van der Waals surface area contributed by atoms with E-state index in [0.717, 1.165) is 0 Å². The molecule has 1 rings (SSSR count). The molecule has 0 aromatic heterocycles. The summed E-state index contributed by atoms with van der Waals surface area (Å²) >= 11 is 17.6. The van der Waals surface area contributed by atoms with E-state index in [1.165, 1.54) is 33.7 Å². The number of carboxylic acid groups (broad SMARTS) is 2. The number of hydrogen-bond acceptors (Lipinski definition) is 6. The lowest BCUT2D eigenvalue weighted by atomic mass is 10.3. The number of halogens is 6. The van der Waals surface area contributed by atoms with Gasteiger partial charge in [0.05, 0.1) is 21.5 Å². The Morgan fingerprint density at radius 1 is 1.00 bits per heavy atom. The molecule has 0 radical (unpaired) electrons. The Hall–Kier alpha value is -1.21. The van der Waals surface area contributed by atoms with Crippen molar-refractivity contribution in [3.63, 3.8) is 0 Å². The van der Waals surface area contributed by atoms with E-state index in [1.807, 2.05) is 0 Å². The zero-order valence-corrected chi connectivity index (χ0v) is 18.7. The molecule has 30 heavy (non-hydrogen) atoms. The SMILES string of the molecule is O=C(O)C(F)(F)F.O=C(O)CCSSCCNC(=O)COc1cc(Cl)c(Cl)cc1Cl. The number of ether oxygens (including phenoxy) is 1. The summed E-state index contributed by atoms with van der Waals surface area (Å²) in [6.07, 6.45) is -4.96. The van der Waals surface area contributed by atoms with Gasteiger partial charge in [-0.3, -0.25) is 9.59 Å². The maximum absolute atomic E-state index is 11.6. The van der Waals surface area contributed by atoms with Gasteiger partial charge in [0.15, 0.2) is 6.61 Å². The van der Waals surface area contributed by atoms with Crippen molar-refractivity contribution in [3.8, 4) is 5.75 Å². The summed E-state index contributed by atoms with van der Waals surface area (Å²) in [5, 5.41) is 19.2. The molecule has 0 aliphatic heterocycles. The highest BCUT2D eigenvalue weighted by atomic mass is 35.5. The summed E-state index contributed by atoms with van der Waals surface area (Å²) in [6.45, 7) is 0.274. The van der Waals surface area contributed by atoms with Gasteiger partial charge in [-0.15, -0.1) is 0 Å². The molecular weight excluding hydrogens is 518 g/mol. The summed E-state index contributed by atoms with van der Waals surface area (Å²) in [5.41, 5.74) is 0. The van der Waals surface area contributed by atoms with Gasteiger partial charge in [-0.1, -0.05) is 56.4 Å². The molecule has 0 saturated carbocycles. The van der Waals surface area contributed by atoms with Crippen molar-refractivity contribution >= 4 is 74.2 Å². The number of aliphatic carboxylic acids is 2. The topological polar surface area (TPSA) is 113 Å². The third kappa shape index (κ3) is 13.9. The van der Waals surface area contributed by atoms with Gasteiger partial charge in [0.2, 0.25) is 0 Å². The number of carboxylic acids is 2. The molecule has 15 heteroatoms. The zero-order chi connectivity index (χ0) is 23.3. The molecule has 0 unspecified atom stereocenters. The maximum atomic E-state index is 11.6. The Kier molecular flexibility index (Phi) is 14.1. The molecule has 170 valence electrons. The number of carbonyl (C=O) groups is 3. The van der Waals surface area contributed by atoms with Crippen LogP contribution in [0.4, 0.5) is 13.2 Å². The van der Waals surface area contributed by atoms with Crippen molar-refractivity contribution in [1.82, 2.24) is 5.32 Å². The Bertz CT molecular complexity index is 740. The smallest absolute Gasteiger partial charge is 0.482 e. The Morgan fingerprint density at radius 2 is 1.53 bits per heavy atom.